The summed E-state index contributed by atoms with van der Waals surface area (Å²) < 4.78 is 30.4. The summed E-state index contributed by atoms with van der Waals surface area (Å²) in [6.07, 6.45) is 6.99. The van der Waals surface area contributed by atoms with Gasteiger partial charge in [-0.15, -0.1) is 0 Å². The molecule has 1 aliphatic rings. The van der Waals surface area contributed by atoms with Crippen molar-refractivity contribution in [3.05, 3.63) is 83.8 Å². The van der Waals surface area contributed by atoms with Crippen LogP contribution < -0.4 is 15.4 Å². The van der Waals surface area contributed by atoms with Gasteiger partial charge in [0.15, 0.2) is 5.76 Å². The number of amides is 2. The van der Waals surface area contributed by atoms with Crippen LogP contribution in [0.3, 0.4) is 0 Å². The number of aromatic amines is 1. The molecule has 1 saturated heterocycles. The van der Waals surface area contributed by atoms with Crippen LogP contribution in [0.15, 0.2) is 65.5 Å². The largest absolute Gasteiger partial charge is 0.468 e. The van der Waals surface area contributed by atoms with E-state index >= 15 is 0 Å². The van der Waals surface area contributed by atoms with Crippen LogP contribution in [-0.2, 0) is 9.53 Å². The quantitative estimate of drug-likeness (QED) is 0.166. The fourth-order valence-corrected chi connectivity index (χ4v) is 4.96. The molecule has 3 aromatic heterocycles. The molecule has 0 aliphatic carbocycles. The van der Waals surface area contributed by atoms with Crippen molar-refractivity contribution >= 4 is 23.5 Å². The second-order valence-corrected chi connectivity index (χ2v) is 10.1. The molecule has 2 amide bonds. The van der Waals surface area contributed by atoms with Crippen LogP contribution >= 0.6 is 0 Å². The van der Waals surface area contributed by atoms with E-state index in [-0.39, 0.29) is 29.4 Å². The average molecular weight is 590 g/mol. The predicted molar refractivity (Wildman–Crippen MR) is 155 cm³/mol. The summed E-state index contributed by atoms with van der Waals surface area (Å²) >= 11 is 0. The van der Waals surface area contributed by atoms with Gasteiger partial charge in [-0.05, 0) is 63.1 Å². The molecule has 4 aromatic rings. The summed E-state index contributed by atoms with van der Waals surface area (Å²) in [6, 6.07) is 10.5. The average Bonchev–Trinajstić information content (AvgIpc) is 3.78. The Morgan fingerprint density at radius 3 is 2.77 bits per heavy atom. The molecule has 0 bridgehead atoms. The first-order chi connectivity index (χ1) is 20.8. The van der Waals surface area contributed by atoms with Gasteiger partial charge in [0.2, 0.25) is 0 Å². The third-order valence-corrected chi connectivity index (χ3v) is 7.19. The molecule has 224 valence electrons. The number of furan rings is 1. The highest BCUT2D eigenvalue weighted by molar-refractivity contribution is 6.03. The number of nitrogens with one attached hydrogen (secondary N) is 3. The molecule has 5 rings (SSSR count). The molecule has 4 heterocycles. The van der Waals surface area contributed by atoms with Gasteiger partial charge in [0.25, 0.3) is 11.8 Å². The number of hydrogen-bond donors (Lipinski definition) is 3. The number of likely N-dealkylation sites (tertiary alicyclic amines) is 1. The zero-order chi connectivity index (χ0) is 30.3. The summed E-state index contributed by atoms with van der Waals surface area (Å²) in [5.74, 6) is -0.830. The van der Waals surface area contributed by atoms with E-state index in [2.05, 4.69) is 25.5 Å². The van der Waals surface area contributed by atoms with Gasteiger partial charge >= 0.3 is 5.97 Å². The van der Waals surface area contributed by atoms with E-state index in [9.17, 15) is 18.8 Å². The number of esters is 1. The molecule has 1 atom stereocenters. The predicted octanol–water partition coefficient (Wildman–Crippen LogP) is 4.92. The molecule has 0 radical (unpaired) electrons. The number of pyridine rings is 1. The SMILES string of the molecule is COC(=O)C1CCCN1CCCNC(=O)c1c[nH]c(-c2cc(Oc3ccc(F)c(NC(=O)c4occc4C)c3)ccn2)c1. The Hall–Kier alpha value is -4.97. The molecule has 3 N–H and O–H groups in total. The molecule has 11 nitrogen and oxygen atoms in total. The van der Waals surface area contributed by atoms with Crippen molar-refractivity contribution in [1.82, 2.24) is 20.2 Å². The van der Waals surface area contributed by atoms with Crippen LogP contribution in [0.4, 0.5) is 10.1 Å². The van der Waals surface area contributed by atoms with E-state index in [1.165, 1.54) is 31.6 Å². The lowest BCUT2D eigenvalue weighted by atomic mass is 10.2. The van der Waals surface area contributed by atoms with E-state index in [1.54, 1.807) is 43.6 Å². The zero-order valence-electron chi connectivity index (χ0n) is 23.8. The van der Waals surface area contributed by atoms with Gasteiger partial charge in [-0.1, -0.05) is 0 Å². The van der Waals surface area contributed by atoms with Crippen molar-refractivity contribution in [2.24, 2.45) is 0 Å². The Morgan fingerprint density at radius 2 is 1.98 bits per heavy atom. The maximum Gasteiger partial charge on any atom is 0.323 e. The molecule has 1 aliphatic heterocycles. The van der Waals surface area contributed by atoms with Crippen molar-refractivity contribution in [3.8, 4) is 22.9 Å². The third kappa shape index (κ3) is 7.09. The number of benzene rings is 1. The molecular weight excluding hydrogens is 557 g/mol. The highest BCUT2D eigenvalue weighted by Crippen LogP contribution is 2.29. The standard InChI is InChI=1S/C31H32FN5O6/c1-19-9-14-42-28(19)30(39)36-24-16-21(6-7-23(24)32)43-22-8-11-33-26(17-22)25-15-20(18-35-25)29(38)34-10-4-13-37-12-3-5-27(37)31(40)41-2/h6-9,11,14-18,27,35H,3-5,10,12-13H2,1-2H3,(H,34,38)(H,36,39). The fourth-order valence-electron chi connectivity index (χ4n) is 4.96. The van der Waals surface area contributed by atoms with E-state index in [0.29, 0.717) is 53.5 Å². The number of aromatic nitrogens is 2. The van der Waals surface area contributed by atoms with Crippen molar-refractivity contribution in [1.29, 1.82) is 0 Å². The van der Waals surface area contributed by atoms with Gasteiger partial charge in [-0.3, -0.25) is 24.3 Å². The van der Waals surface area contributed by atoms with Gasteiger partial charge in [0.1, 0.15) is 23.4 Å². The normalized spacial score (nSPS) is 14.8. The Labute approximate surface area is 247 Å². The number of ether oxygens (including phenoxy) is 2. The van der Waals surface area contributed by atoms with E-state index in [4.69, 9.17) is 13.9 Å². The lowest BCUT2D eigenvalue weighted by Gasteiger charge is -2.22. The Morgan fingerprint density at radius 1 is 1.14 bits per heavy atom. The summed E-state index contributed by atoms with van der Waals surface area (Å²) in [5, 5.41) is 5.42. The number of H-pyrrole nitrogens is 1. The Bertz CT molecular complexity index is 1620. The first-order valence-corrected chi connectivity index (χ1v) is 13.9. The number of rotatable bonds is 11. The lowest BCUT2D eigenvalue weighted by molar-refractivity contribution is -0.145. The van der Waals surface area contributed by atoms with Gasteiger partial charge in [-0.2, -0.15) is 0 Å². The highest BCUT2D eigenvalue weighted by Gasteiger charge is 2.30. The maximum absolute atomic E-state index is 14.4. The third-order valence-electron chi connectivity index (χ3n) is 7.19. The molecule has 12 heteroatoms. The monoisotopic (exact) mass is 589 g/mol. The number of anilines is 1. The van der Waals surface area contributed by atoms with Crippen LogP contribution in [0.1, 0.15) is 45.7 Å². The highest BCUT2D eigenvalue weighted by atomic mass is 19.1. The van der Waals surface area contributed by atoms with Crippen LogP contribution in [0, 0.1) is 12.7 Å². The van der Waals surface area contributed by atoms with Gasteiger partial charge in [0.05, 0.1) is 36.0 Å². The number of nitrogens with zero attached hydrogens (tertiary/aromatic N) is 2. The van der Waals surface area contributed by atoms with Gasteiger partial charge in [-0.25, -0.2) is 4.39 Å². The minimum absolute atomic E-state index is 0.0590. The van der Waals surface area contributed by atoms with Crippen molar-refractivity contribution < 1.29 is 32.7 Å². The molecule has 1 aromatic carbocycles. The van der Waals surface area contributed by atoms with Crippen LogP contribution in [0.25, 0.3) is 11.4 Å². The molecule has 43 heavy (non-hydrogen) atoms. The van der Waals surface area contributed by atoms with E-state index in [0.717, 1.165) is 19.4 Å². The summed E-state index contributed by atoms with van der Waals surface area (Å²) in [7, 11) is 1.40. The minimum Gasteiger partial charge on any atom is -0.468 e. The Kier molecular flexibility index (Phi) is 9.16. The van der Waals surface area contributed by atoms with Crippen LogP contribution in [0.5, 0.6) is 11.5 Å². The lowest BCUT2D eigenvalue weighted by Crippen LogP contribution is -2.38. The number of carbonyl (C=O) groups excluding carboxylic acids is 3. The smallest absolute Gasteiger partial charge is 0.323 e. The van der Waals surface area contributed by atoms with Crippen molar-refractivity contribution in [3.63, 3.8) is 0 Å². The number of carbonyl (C=O) groups is 3. The molecular formula is C31H32FN5O6. The number of aryl methyl sites for hydroxylation is 1. The summed E-state index contributed by atoms with van der Waals surface area (Å²) in [4.78, 5) is 46.6. The number of methoxy groups -OCH3 is 1. The summed E-state index contributed by atoms with van der Waals surface area (Å²) in [5.41, 5.74) is 2.16. The number of hydrogen-bond acceptors (Lipinski definition) is 8. The first-order valence-electron chi connectivity index (χ1n) is 13.9. The molecule has 0 spiro atoms. The minimum atomic E-state index is -0.626. The van der Waals surface area contributed by atoms with E-state index in [1.807, 2.05) is 0 Å². The second kappa shape index (κ2) is 13.3. The fraction of sp³-hybridized carbons (Fsp3) is 0.290. The van der Waals surface area contributed by atoms with Crippen molar-refractivity contribution in [2.45, 2.75) is 32.2 Å². The molecule has 0 saturated carbocycles. The second-order valence-electron chi connectivity index (χ2n) is 10.1. The number of halogens is 1. The van der Waals surface area contributed by atoms with Crippen LogP contribution in [-0.4, -0.2) is 65.4 Å². The molecule has 1 unspecified atom stereocenters. The maximum atomic E-state index is 14.4. The van der Waals surface area contributed by atoms with Gasteiger partial charge in [0, 0.05) is 43.2 Å². The van der Waals surface area contributed by atoms with Crippen molar-refractivity contribution in [2.75, 3.05) is 32.1 Å². The topological polar surface area (TPSA) is 139 Å². The van der Waals surface area contributed by atoms with Crippen LogP contribution in [0.2, 0.25) is 0 Å². The van der Waals surface area contributed by atoms with Gasteiger partial charge < -0.3 is 29.5 Å². The first kappa shape index (κ1) is 29.5. The zero-order valence-corrected chi connectivity index (χ0v) is 23.8. The molecule has 1 fully saturated rings. The van der Waals surface area contributed by atoms with E-state index < -0.39 is 11.7 Å². The summed E-state index contributed by atoms with van der Waals surface area (Å²) in [6.45, 7) is 3.72. The Balaban J connectivity index is 1.17.